The number of aromatic nitrogens is 3. The van der Waals surface area contributed by atoms with E-state index >= 15 is 0 Å². The van der Waals surface area contributed by atoms with E-state index < -0.39 is 0 Å². The van der Waals surface area contributed by atoms with E-state index in [0.29, 0.717) is 5.89 Å². The third-order valence-corrected chi connectivity index (χ3v) is 5.86. The molecule has 1 unspecified atom stereocenters. The van der Waals surface area contributed by atoms with Crippen LogP contribution in [0, 0.1) is 0 Å². The van der Waals surface area contributed by atoms with Crippen molar-refractivity contribution in [1.29, 1.82) is 0 Å². The number of hydrogen-bond donors (Lipinski definition) is 1. The summed E-state index contributed by atoms with van der Waals surface area (Å²) in [7, 11) is 2.10. The molecule has 1 aliphatic rings. The Labute approximate surface area is 173 Å². The third-order valence-electron chi connectivity index (χ3n) is 4.97. The summed E-state index contributed by atoms with van der Waals surface area (Å²) in [5.41, 5.74) is 2.78. The molecule has 0 saturated carbocycles. The van der Waals surface area contributed by atoms with Gasteiger partial charge in [-0.1, -0.05) is 29.4 Å². The van der Waals surface area contributed by atoms with Gasteiger partial charge in [0.15, 0.2) is 5.82 Å². The van der Waals surface area contributed by atoms with Crippen molar-refractivity contribution in [3.05, 3.63) is 53.7 Å². The quantitative estimate of drug-likeness (QED) is 0.547. The summed E-state index contributed by atoms with van der Waals surface area (Å²) in [5.74, 6) is 1.26. The number of piperazine rings is 1. The van der Waals surface area contributed by atoms with Gasteiger partial charge in [0.05, 0.1) is 27.7 Å². The molecule has 5 rings (SSSR count). The van der Waals surface area contributed by atoms with Crippen molar-refractivity contribution in [3.63, 3.8) is 0 Å². The zero-order chi connectivity index (χ0) is 18.2. The largest absolute Gasteiger partial charge is 0.334 e. The first-order valence-electron chi connectivity index (χ1n) is 8.98. The van der Waals surface area contributed by atoms with Crippen LogP contribution in [0.3, 0.4) is 0 Å². The Hall–Kier alpha value is -2.32. The first-order chi connectivity index (χ1) is 13.3. The summed E-state index contributed by atoms with van der Waals surface area (Å²) in [6.07, 6.45) is 0. The first kappa shape index (κ1) is 19.0. The van der Waals surface area contributed by atoms with Gasteiger partial charge in [0.25, 0.3) is 5.89 Å². The Balaban J connectivity index is 0.00000192. The topological polar surface area (TPSA) is 67.1 Å². The number of thiophene rings is 1. The van der Waals surface area contributed by atoms with Crippen LogP contribution in [0.15, 0.2) is 52.4 Å². The van der Waals surface area contributed by atoms with Crippen molar-refractivity contribution in [1.82, 2.24) is 25.3 Å². The molecule has 1 N–H and O–H groups in total. The van der Waals surface area contributed by atoms with Crippen LogP contribution in [-0.2, 0) is 0 Å². The molecular formula is C20H20ClN5OS. The molecule has 1 aromatic carbocycles. The van der Waals surface area contributed by atoms with Gasteiger partial charge in [0.2, 0.25) is 0 Å². The van der Waals surface area contributed by atoms with Crippen LogP contribution < -0.4 is 5.32 Å². The van der Waals surface area contributed by atoms with Crippen molar-refractivity contribution < 1.29 is 4.52 Å². The van der Waals surface area contributed by atoms with Crippen molar-refractivity contribution in [2.45, 2.75) is 6.04 Å². The Kier molecular flexibility index (Phi) is 5.41. The van der Waals surface area contributed by atoms with E-state index in [1.165, 1.54) is 0 Å². The van der Waals surface area contributed by atoms with E-state index in [0.717, 1.165) is 52.5 Å². The first-order valence-corrected chi connectivity index (χ1v) is 9.86. The molecule has 0 aliphatic carbocycles. The molecule has 8 heteroatoms. The Morgan fingerprint density at radius 1 is 1.18 bits per heavy atom. The van der Waals surface area contributed by atoms with E-state index in [1.54, 1.807) is 11.3 Å². The second kappa shape index (κ2) is 7.97. The van der Waals surface area contributed by atoms with Gasteiger partial charge in [-0.3, -0.25) is 4.90 Å². The zero-order valence-corrected chi connectivity index (χ0v) is 17.0. The molecule has 1 atom stereocenters. The summed E-state index contributed by atoms with van der Waals surface area (Å²) in [5, 5.41) is 10.8. The zero-order valence-electron chi connectivity index (χ0n) is 15.3. The van der Waals surface area contributed by atoms with Crippen LogP contribution in [-0.4, -0.2) is 46.7 Å². The summed E-state index contributed by atoms with van der Waals surface area (Å²) in [6.45, 7) is 2.78. The maximum atomic E-state index is 5.69. The fraction of sp³-hybridized carbons (Fsp3) is 0.250. The van der Waals surface area contributed by atoms with Crippen LogP contribution in [0.5, 0.6) is 0 Å². The molecule has 28 heavy (non-hydrogen) atoms. The minimum absolute atomic E-state index is 0. The smallest absolute Gasteiger partial charge is 0.258 e. The molecule has 3 aromatic heterocycles. The number of hydrogen-bond acceptors (Lipinski definition) is 7. The number of likely N-dealkylation sites (N-methyl/N-ethyl adjacent to an activating group) is 1. The number of rotatable bonds is 3. The summed E-state index contributed by atoms with van der Waals surface area (Å²) in [6, 6.07) is 14.4. The normalized spacial score (nSPS) is 17.5. The van der Waals surface area contributed by atoms with E-state index in [-0.39, 0.29) is 18.4 Å². The predicted molar refractivity (Wildman–Crippen MR) is 114 cm³/mol. The van der Waals surface area contributed by atoms with Gasteiger partial charge in [-0.2, -0.15) is 4.98 Å². The SMILES string of the molecule is CN1CCNCC1c1noc(-c2cc(-c3cccs3)nc3ccccc23)n1.Cl. The molecule has 1 aliphatic heterocycles. The van der Waals surface area contributed by atoms with Gasteiger partial charge in [-0.05, 0) is 30.6 Å². The number of fused-ring (bicyclic) bond motifs is 1. The van der Waals surface area contributed by atoms with Crippen LogP contribution in [0.25, 0.3) is 32.9 Å². The van der Waals surface area contributed by atoms with E-state index in [1.807, 2.05) is 36.4 Å². The molecule has 4 heterocycles. The lowest BCUT2D eigenvalue weighted by atomic mass is 10.1. The lowest BCUT2D eigenvalue weighted by Gasteiger charge is -2.30. The molecule has 0 amide bonds. The van der Waals surface area contributed by atoms with Gasteiger partial charge in [-0.25, -0.2) is 4.98 Å². The summed E-state index contributed by atoms with van der Waals surface area (Å²) >= 11 is 1.67. The van der Waals surface area contributed by atoms with Crippen LogP contribution >= 0.6 is 23.7 Å². The number of pyridine rings is 1. The third kappa shape index (κ3) is 3.42. The molecular weight excluding hydrogens is 394 g/mol. The lowest BCUT2D eigenvalue weighted by Crippen LogP contribution is -2.44. The highest BCUT2D eigenvalue weighted by molar-refractivity contribution is 7.13. The van der Waals surface area contributed by atoms with Gasteiger partial charge < -0.3 is 9.84 Å². The minimum Gasteiger partial charge on any atom is -0.334 e. The second-order valence-electron chi connectivity index (χ2n) is 6.71. The van der Waals surface area contributed by atoms with Gasteiger partial charge in [-0.15, -0.1) is 23.7 Å². The van der Waals surface area contributed by atoms with Crippen molar-refractivity contribution in [2.75, 3.05) is 26.7 Å². The minimum atomic E-state index is 0. The monoisotopic (exact) mass is 413 g/mol. The van der Waals surface area contributed by atoms with E-state index in [9.17, 15) is 0 Å². The summed E-state index contributed by atoms with van der Waals surface area (Å²) in [4.78, 5) is 12.9. The average molecular weight is 414 g/mol. The molecule has 144 valence electrons. The standard InChI is InChI=1S/C20H19N5OS.ClH/c1-25-9-8-21-12-17(25)19-23-20(26-24-19)14-11-16(18-7-4-10-27-18)22-15-6-3-2-5-13(14)15;/h2-7,10-11,17,21H,8-9,12H2,1H3;1H. The maximum absolute atomic E-state index is 5.69. The van der Waals surface area contributed by atoms with Crippen molar-refractivity contribution >= 4 is 34.6 Å². The molecule has 1 fully saturated rings. The average Bonchev–Trinajstić information content (AvgIpc) is 3.40. The molecule has 1 saturated heterocycles. The van der Waals surface area contributed by atoms with Gasteiger partial charge >= 0.3 is 0 Å². The second-order valence-corrected chi connectivity index (χ2v) is 7.66. The predicted octanol–water partition coefficient (Wildman–Crippen LogP) is 4.01. The molecule has 0 spiro atoms. The molecule has 6 nitrogen and oxygen atoms in total. The van der Waals surface area contributed by atoms with Gasteiger partial charge in [0.1, 0.15) is 0 Å². The highest BCUT2D eigenvalue weighted by Crippen LogP contribution is 2.33. The fourth-order valence-corrected chi connectivity index (χ4v) is 4.16. The number of para-hydroxylation sites is 1. The number of halogens is 1. The van der Waals surface area contributed by atoms with Crippen molar-refractivity contribution in [2.24, 2.45) is 0 Å². The van der Waals surface area contributed by atoms with Crippen LogP contribution in [0.4, 0.5) is 0 Å². The Bertz CT molecular complexity index is 1080. The van der Waals surface area contributed by atoms with E-state index in [4.69, 9.17) is 14.5 Å². The number of benzene rings is 1. The molecule has 0 bridgehead atoms. The molecule has 4 aromatic rings. The Morgan fingerprint density at radius 3 is 2.89 bits per heavy atom. The lowest BCUT2D eigenvalue weighted by molar-refractivity contribution is 0.190. The van der Waals surface area contributed by atoms with Crippen LogP contribution in [0.1, 0.15) is 11.9 Å². The Morgan fingerprint density at radius 2 is 2.07 bits per heavy atom. The summed E-state index contributed by atoms with van der Waals surface area (Å²) < 4.78 is 5.69. The highest BCUT2D eigenvalue weighted by atomic mass is 35.5. The highest BCUT2D eigenvalue weighted by Gasteiger charge is 2.26. The maximum Gasteiger partial charge on any atom is 0.258 e. The fourth-order valence-electron chi connectivity index (χ4n) is 3.48. The number of nitrogens with one attached hydrogen (secondary N) is 1. The number of nitrogens with zero attached hydrogens (tertiary/aromatic N) is 4. The van der Waals surface area contributed by atoms with Crippen molar-refractivity contribution in [3.8, 4) is 22.0 Å². The van der Waals surface area contributed by atoms with Gasteiger partial charge in [0, 0.05) is 25.0 Å². The van der Waals surface area contributed by atoms with E-state index in [2.05, 4.69) is 33.9 Å². The molecule has 0 radical (unpaired) electrons. The van der Waals surface area contributed by atoms with Crippen LogP contribution in [0.2, 0.25) is 0 Å².